The molecule has 0 spiro atoms. The van der Waals surface area contributed by atoms with Crippen LogP contribution >= 0.6 is 0 Å². The van der Waals surface area contributed by atoms with Crippen LogP contribution in [0.2, 0.25) is 0 Å². The Labute approximate surface area is 137 Å². The second kappa shape index (κ2) is 5.69. The van der Waals surface area contributed by atoms with Crippen molar-refractivity contribution in [2.45, 2.75) is 0 Å². The number of benzene rings is 1. The first-order valence-electron chi connectivity index (χ1n) is 7.34. The first kappa shape index (κ1) is 14.3. The highest BCUT2D eigenvalue weighted by Gasteiger charge is 2.19. The zero-order valence-electron chi connectivity index (χ0n) is 12.8. The number of aryl methyl sites for hydroxylation is 1. The van der Waals surface area contributed by atoms with Crippen molar-refractivity contribution in [2.75, 3.05) is 0 Å². The van der Waals surface area contributed by atoms with Gasteiger partial charge in [0, 0.05) is 25.0 Å². The van der Waals surface area contributed by atoms with E-state index in [1.165, 1.54) is 6.07 Å². The summed E-state index contributed by atoms with van der Waals surface area (Å²) in [5.41, 5.74) is 2.15. The van der Waals surface area contributed by atoms with Crippen molar-refractivity contribution in [1.29, 1.82) is 0 Å². The molecule has 0 aliphatic carbocycles. The lowest BCUT2D eigenvalue weighted by Gasteiger charge is -2.03. The SMILES string of the molecule is Cn1nnc(-c2ccccc2F)c1-c1cn(-c2ccccn2)cn1. The molecule has 0 fully saturated rings. The van der Waals surface area contributed by atoms with E-state index >= 15 is 0 Å². The summed E-state index contributed by atoms with van der Waals surface area (Å²) < 4.78 is 17.5. The Morgan fingerprint density at radius 3 is 2.62 bits per heavy atom. The molecule has 24 heavy (non-hydrogen) atoms. The molecule has 0 amide bonds. The molecule has 4 aromatic rings. The van der Waals surface area contributed by atoms with Gasteiger partial charge in [0.2, 0.25) is 0 Å². The third-order valence-corrected chi connectivity index (χ3v) is 3.69. The molecule has 3 heterocycles. The summed E-state index contributed by atoms with van der Waals surface area (Å²) in [4.78, 5) is 8.70. The topological polar surface area (TPSA) is 61.4 Å². The van der Waals surface area contributed by atoms with Gasteiger partial charge in [-0.15, -0.1) is 5.10 Å². The average molecular weight is 320 g/mol. The number of pyridine rings is 1. The van der Waals surface area contributed by atoms with E-state index in [1.807, 2.05) is 24.4 Å². The van der Waals surface area contributed by atoms with Crippen molar-refractivity contribution in [3.05, 3.63) is 67.0 Å². The number of imidazole rings is 1. The fourth-order valence-corrected chi connectivity index (χ4v) is 2.56. The molecular formula is C17H13FN6. The zero-order valence-corrected chi connectivity index (χ0v) is 12.8. The summed E-state index contributed by atoms with van der Waals surface area (Å²) in [6.45, 7) is 0. The fraction of sp³-hybridized carbons (Fsp3) is 0.0588. The summed E-state index contributed by atoms with van der Waals surface area (Å²) in [5.74, 6) is 0.405. The van der Waals surface area contributed by atoms with Crippen molar-refractivity contribution < 1.29 is 4.39 Å². The van der Waals surface area contributed by atoms with Crippen LogP contribution in [0, 0.1) is 5.82 Å². The molecule has 0 N–H and O–H groups in total. The molecule has 0 unspecified atom stereocenters. The Hall–Kier alpha value is -3.35. The van der Waals surface area contributed by atoms with Crippen molar-refractivity contribution in [2.24, 2.45) is 7.05 Å². The Morgan fingerprint density at radius 2 is 1.83 bits per heavy atom. The van der Waals surface area contributed by atoms with Crippen LogP contribution in [0.3, 0.4) is 0 Å². The number of aromatic nitrogens is 6. The van der Waals surface area contributed by atoms with E-state index in [0.717, 1.165) is 5.82 Å². The summed E-state index contributed by atoms with van der Waals surface area (Å²) in [6.07, 6.45) is 5.20. The minimum absolute atomic E-state index is 0.344. The van der Waals surface area contributed by atoms with Gasteiger partial charge in [-0.2, -0.15) is 0 Å². The van der Waals surface area contributed by atoms with E-state index in [9.17, 15) is 4.39 Å². The molecule has 0 atom stereocenters. The monoisotopic (exact) mass is 320 g/mol. The predicted octanol–water partition coefficient (Wildman–Crippen LogP) is 2.87. The molecule has 3 aromatic heterocycles. The largest absolute Gasteiger partial charge is 0.290 e. The van der Waals surface area contributed by atoms with E-state index in [4.69, 9.17) is 0 Å². The van der Waals surface area contributed by atoms with Crippen molar-refractivity contribution in [3.8, 4) is 28.5 Å². The number of halogens is 1. The summed E-state index contributed by atoms with van der Waals surface area (Å²) >= 11 is 0. The lowest BCUT2D eigenvalue weighted by molar-refractivity contribution is 0.630. The van der Waals surface area contributed by atoms with Crippen LogP contribution in [0.15, 0.2) is 61.2 Å². The molecule has 4 rings (SSSR count). The van der Waals surface area contributed by atoms with Crippen LogP contribution in [-0.2, 0) is 7.05 Å². The average Bonchev–Trinajstić information content (AvgIpc) is 3.23. The van der Waals surface area contributed by atoms with E-state index in [-0.39, 0.29) is 5.82 Å². The van der Waals surface area contributed by atoms with Crippen molar-refractivity contribution in [3.63, 3.8) is 0 Å². The maximum atomic E-state index is 14.1. The van der Waals surface area contributed by atoms with E-state index in [0.29, 0.717) is 22.6 Å². The lowest BCUT2D eigenvalue weighted by atomic mass is 10.1. The van der Waals surface area contributed by atoms with Crippen LogP contribution in [-0.4, -0.2) is 29.5 Å². The smallest absolute Gasteiger partial charge is 0.137 e. The highest BCUT2D eigenvalue weighted by Crippen LogP contribution is 2.30. The zero-order chi connectivity index (χ0) is 16.5. The quantitative estimate of drug-likeness (QED) is 0.582. The molecule has 0 aliphatic heterocycles. The van der Waals surface area contributed by atoms with E-state index in [2.05, 4.69) is 20.3 Å². The second-order valence-corrected chi connectivity index (χ2v) is 5.24. The number of rotatable bonds is 3. The van der Waals surface area contributed by atoms with Crippen LogP contribution in [0.4, 0.5) is 4.39 Å². The fourth-order valence-electron chi connectivity index (χ4n) is 2.56. The molecule has 118 valence electrons. The van der Waals surface area contributed by atoms with Gasteiger partial charge in [0.15, 0.2) is 0 Å². The normalized spacial score (nSPS) is 10.9. The van der Waals surface area contributed by atoms with Gasteiger partial charge in [-0.1, -0.05) is 23.4 Å². The number of hydrogen-bond donors (Lipinski definition) is 0. The van der Waals surface area contributed by atoms with Gasteiger partial charge in [-0.05, 0) is 24.3 Å². The molecule has 7 heteroatoms. The Bertz CT molecular complexity index is 989. The summed E-state index contributed by atoms with van der Waals surface area (Å²) in [6, 6.07) is 12.1. The lowest BCUT2D eigenvalue weighted by Crippen LogP contribution is -1.96. The van der Waals surface area contributed by atoms with Crippen molar-refractivity contribution >= 4 is 0 Å². The molecule has 0 aliphatic rings. The van der Waals surface area contributed by atoms with Crippen LogP contribution < -0.4 is 0 Å². The summed E-state index contributed by atoms with van der Waals surface area (Å²) in [5, 5.41) is 8.14. The standard InChI is InChI=1S/C17H13FN6/c1-23-17(16(21-22-23)12-6-2-3-7-13(12)18)14-10-24(11-20-14)15-8-4-5-9-19-15/h2-11H,1H3. The second-order valence-electron chi connectivity index (χ2n) is 5.24. The molecule has 0 bridgehead atoms. The number of hydrogen-bond acceptors (Lipinski definition) is 4. The Balaban J connectivity index is 1.83. The Kier molecular flexibility index (Phi) is 3.38. The first-order chi connectivity index (χ1) is 11.7. The van der Waals surface area contributed by atoms with Crippen LogP contribution in [0.25, 0.3) is 28.5 Å². The van der Waals surface area contributed by atoms with Gasteiger partial charge >= 0.3 is 0 Å². The van der Waals surface area contributed by atoms with E-state index in [1.54, 1.807) is 47.0 Å². The molecule has 1 aromatic carbocycles. The maximum absolute atomic E-state index is 14.1. The van der Waals surface area contributed by atoms with Crippen LogP contribution in [0.5, 0.6) is 0 Å². The van der Waals surface area contributed by atoms with Gasteiger partial charge in [0.25, 0.3) is 0 Å². The number of nitrogens with zero attached hydrogens (tertiary/aromatic N) is 6. The Morgan fingerprint density at radius 1 is 1.00 bits per heavy atom. The molecule has 0 radical (unpaired) electrons. The van der Waals surface area contributed by atoms with Gasteiger partial charge in [0.1, 0.15) is 35.0 Å². The van der Waals surface area contributed by atoms with Crippen LogP contribution in [0.1, 0.15) is 0 Å². The maximum Gasteiger partial charge on any atom is 0.137 e. The molecule has 0 saturated carbocycles. The summed E-state index contributed by atoms with van der Waals surface area (Å²) in [7, 11) is 1.76. The van der Waals surface area contributed by atoms with Gasteiger partial charge in [0.05, 0.1) is 0 Å². The molecule has 0 saturated heterocycles. The highest BCUT2D eigenvalue weighted by molar-refractivity contribution is 5.76. The highest BCUT2D eigenvalue weighted by atomic mass is 19.1. The van der Waals surface area contributed by atoms with Crippen molar-refractivity contribution in [1.82, 2.24) is 29.5 Å². The molecule has 6 nitrogen and oxygen atoms in total. The third-order valence-electron chi connectivity index (χ3n) is 3.69. The van der Waals surface area contributed by atoms with Gasteiger partial charge < -0.3 is 0 Å². The predicted molar refractivity (Wildman–Crippen MR) is 86.8 cm³/mol. The minimum Gasteiger partial charge on any atom is -0.290 e. The van der Waals surface area contributed by atoms with E-state index < -0.39 is 0 Å². The van der Waals surface area contributed by atoms with Gasteiger partial charge in [-0.25, -0.2) is 19.0 Å². The molecular weight excluding hydrogens is 307 g/mol. The van der Waals surface area contributed by atoms with Gasteiger partial charge in [-0.3, -0.25) is 4.57 Å². The minimum atomic E-state index is -0.344. The first-order valence-corrected chi connectivity index (χ1v) is 7.34. The third kappa shape index (κ3) is 2.36.